The van der Waals surface area contributed by atoms with Crippen LogP contribution in [0.3, 0.4) is 0 Å². The van der Waals surface area contributed by atoms with Gasteiger partial charge in [-0.05, 0) is 49.4 Å². The van der Waals surface area contributed by atoms with Gasteiger partial charge in [0.05, 0.1) is 18.0 Å². The zero-order valence-corrected chi connectivity index (χ0v) is 16.5. The minimum Gasteiger partial charge on any atom is -0.345 e. The molecule has 0 heterocycles. The van der Waals surface area contributed by atoms with Crippen molar-refractivity contribution in [2.75, 3.05) is 14.2 Å². The van der Waals surface area contributed by atoms with Crippen molar-refractivity contribution in [2.24, 2.45) is 5.92 Å². The van der Waals surface area contributed by atoms with Gasteiger partial charge in [0, 0.05) is 12.6 Å². The van der Waals surface area contributed by atoms with Gasteiger partial charge in [0.25, 0.3) is 15.9 Å². The van der Waals surface area contributed by atoms with Gasteiger partial charge in [0.2, 0.25) is 0 Å². The topological polar surface area (TPSA) is 75.7 Å². The largest absolute Gasteiger partial charge is 0.345 e. The molecule has 1 amide bonds. The summed E-state index contributed by atoms with van der Waals surface area (Å²) in [7, 11) is -1.22. The van der Waals surface area contributed by atoms with Crippen molar-refractivity contribution in [1.82, 2.24) is 9.79 Å². The standard InChI is InChI=1S/C20H24N2O4S/c1-14-7-9-15(10-8-14)19(16-11-12-16)21-20(23)17-5-4-6-18(13-17)27(24,25)22(2)26-3/h4-10,13,16,19H,11-12H2,1-3H3,(H,21,23). The normalized spacial score (nSPS) is 15.6. The van der Waals surface area contributed by atoms with Crippen molar-refractivity contribution >= 4 is 15.9 Å². The number of amides is 1. The number of hydrogen-bond acceptors (Lipinski definition) is 4. The predicted molar refractivity (Wildman–Crippen MR) is 103 cm³/mol. The van der Waals surface area contributed by atoms with E-state index >= 15 is 0 Å². The van der Waals surface area contributed by atoms with E-state index in [2.05, 4.69) is 5.32 Å². The van der Waals surface area contributed by atoms with Crippen LogP contribution in [0.5, 0.6) is 0 Å². The summed E-state index contributed by atoms with van der Waals surface area (Å²) in [5, 5.41) is 3.07. The second kappa shape index (κ2) is 7.80. The summed E-state index contributed by atoms with van der Waals surface area (Å²) in [5.74, 6) is 0.132. The number of sulfonamides is 1. The van der Waals surface area contributed by atoms with Gasteiger partial charge in [-0.3, -0.25) is 9.63 Å². The summed E-state index contributed by atoms with van der Waals surface area (Å²) in [4.78, 5) is 17.6. The van der Waals surface area contributed by atoms with E-state index in [-0.39, 0.29) is 16.8 Å². The Morgan fingerprint density at radius 3 is 2.44 bits per heavy atom. The number of rotatable bonds is 7. The van der Waals surface area contributed by atoms with Crippen LogP contribution in [0.1, 0.15) is 40.4 Å². The molecule has 1 aliphatic rings. The molecule has 0 aromatic heterocycles. The van der Waals surface area contributed by atoms with E-state index in [1.807, 2.05) is 31.2 Å². The molecule has 1 aliphatic carbocycles. The SMILES string of the molecule is CON(C)S(=O)(=O)c1cccc(C(=O)NC(c2ccc(C)cc2)C2CC2)c1. The van der Waals surface area contributed by atoms with Crippen molar-refractivity contribution in [2.45, 2.75) is 30.7 Å². The Balaban J connectivity index is 1.83. The molecule has 1 atom stereocenters. The summed E-state index contributed by atoms with van der Waals surface area (Å²) in [6.07, 6.45) is 2.15. The van der Waals surface area contributed by atoms with Crippen molar-refractivity contribution in [3.8, 4) is 0 Å². The molecular formula is C20H24N2O4S. The lowest BCUT2D eigenvalue weighted by Gasteiger charge is -2.20. The molecule has 1 fully saturated rings. The van der Waals surface area contributed by atoms with Crippen LogP contribution in [0.4, 0.5) is 0 Å². The van der Waals surface area contributed by atoms with Gasteiger partial charge in [0.1, 0.15) is 0 Å². The second-order valence-electron chi connectivity index (χ2n) is 6.82. The highest BCUT2D eigenvalue weighted by atomic mass is 32.2. The zero-order chi connectivity index (χ0) is 19.6. The lowest BCUT2D eigenvalue weighted by atomic mass is 10.0. The van der Waals surface area contributed by atoms with Gasteiger partial charge in [-0.1, -0.05) is 40.4 Å². The van der Waals surface area contributed by atoms with Crippen LogP contribution in [0.2, 0.25) is 0 Å². The molecule has 0 bridgehead atoms. The molecule has 6 nitrogen and oxygen atoms in total. The molecule has 0 saturated heterocycles. The first-order valence-electron chi connectivity index (χ1n) is 8.83. The van der Waals surface area contributed by atoms with Crippen molar-refractivity contribution in [3.05, 3.63) is 65.2 Å². The Bertz CT molecular complexity index is 921. The second-order valence-corrected chi connectivity index (χ2v) is 8.76. The number of nitrogens with one attached hydrogen (secondary N) is 1. The first-order chi connectivity index (χ1) is 12.8. The molecule has 0 spiro atoms. The smallest absolute Gasteiger partial charge is 0.264 e. The molecule has 27 heavy (non-hydrogen) atoms. The third-order valence-corrected chi connectivity index (χ3v) is 6.48. The van der Waals surface area contributed by atoms with Crippen LogP contribution < -0.4 is 5.32 Å². The highest BCUT2D eigenvalue weighted by molar-refractivity contribution is 7.89. The third kappa shape index (κ3) is 4.37. The monoisotopic (exact) mass is 388 g/mol. The lowest BCUT2D eigenvalue weighted by molar-refractivity contribution is -0.0258. The maximum Gasteiger partial charge on any atom is 0.264 e. The quantitative estimate of drug-likeness (QED) is 0.740. The van der Waals surface area contributed by atoms with Gasteiger partial charge in [0.15, 0.2) is 0 Å². The van der Waals surface area contributed by atoms with Gasteiger partial charge < -0.3 is 5.32 Å². The molecule has 0 aliphatic heterocycles. The fourth-order valence-electron chi connectivity index (χ4n) is 2.95. The summed E-state index contributed by atoms with van der Waals surface area (Å²) in [5.41, 5.74) is 2.54. The summed E-state index contributed by atoms with van der Waals surface area (Å²) in [6.45, 7) is 2.03. The van der Waals surface area contributed by atoms with E-state index in [0.29, 0.717) is 11.5 Å². The lowest BCUT2D eigenvalue weighted by Crippen LogP contribution is -2.30. The summed E-state index contributed by atoms with van der Waals surface area (Å²) >= 11 is 0. The Morgan fingerprint density at radius 2 is 1.85 bits per heavy atom. The minimum absolute atomic E-state index is 0.0119. The van der Waals surface area contributed by atoms with E-state index in [9.17, 15) is 13.2 Å². The average Bonchev–Trinajstić information content (AvgIpc) is 3.51. The number of hydrogen-bond donors (Lipinski definition) is 1. The van der Waals surface area contributed by atoms with Gasteiger partial charge in [-0.25, -0.2) is 8.42 Å². The Kier molecular flexibility index (Phi) is 5.64. The molecule has 2 aromatic carbocycles. The van der Waals surface area contributed by atoms with Crippen LogP contribution in [-0.4, -0.2) is 33.0 Å². The molecule has 3 rings (SSSR count). The molecule has 144 valence electrons. The van der Waals surface area contributed by atoms with E-state index in [1.54, 1.807) is 12.1 Å². The number of carbonyl (C=O) groups is 1. The van der Waals surface area contributed by atoms with Gasteiger partial charge in [-0.15, -0.1) is 0 Å². The first kappa shape index (κ1) is 19.5. The molecule has 1 N–H and O–H groups in total. The van der Waals surface area contributed by atoms with E-state index in [4.69, 9.17) is 4.84 Å². The van der Waals surface area contributed by atoms with Crippen LogP contribution in [0.15, 0.2) is 53.4 Å². The summed E-state index contributed by atoms with van der Waals surface area (Å²) in [6, 6.07) is 14.1. The minimum atomic E-state index is -3.80. The number of hydroxylamine groups is 1. The molecule has 2 aromatic rings. The van der Waals surface area contributed by atoms with Crippen LogP contribution in [0.25, 0.3) is 0 Å². The zero-order valence-electron chi connectivity index (χ0n) is 15.7. The van der Waals surface area contributed by atoms with Crippen LogP contribution in [-0.2, 0) is 14.9 Å². The maximum atomic E-state index is 12.8. The van der Waals surface area contributed by atoms with Crippen molar-refractivity contribution in [1.29, 1.82) is 0 Å². The maximum absolute atomic E-state index is 12.8. The van der Waals surface area contributed by atoms with E-state index in [1.165, 1.54) is 31.9 Å². The average molecular weight is 388 g/mol. The van der Waals surface area contributed by atoms with Gasteiger partial charge >= 0.3 is 0 Å². The van der Waals surface area contributed by atoms with Crippen LogP contribution in [0, 0.1) is 12.8 Å². The summed E-state index contributed by atoms with van der Waals surface area (Å²) < 4.78 is 25.6. The van der Waals surface area contributed by atoms with E-state index in [0.717, 1.165) is 22.9 Å². The third-order valence-electron chi connectivity index (χ3n) is 4.81. The number of benzene rings is 2. The predicted octanol–water partition coefficient (Wildman–Crippen LogP) is 3.06. The fourth-order valence-corrected chi connectivity index (χ4v) is 3.97. The van der Waals surface area contributed by atoms with Crippen molar-refractivity contribution < 1.29 is 18.0 Å². The molecule has 1 unspecified atom stereocenters. The molecule has 1 saturated carbocycles. The fraction of sp³-hybridized carbons (Fsp3) is 0.350. The Labute approximate surface area is 160 Å². The Hall–Kier alpha value is -2.22. The Morgan fingerprint density at radius 1 is 1.19 bits per heavy atom. The number of nitrogens with zero attached hydrogens (tertiary/aromatic N) is 1. The van der Waals surface area contributed by atoms with Gasteiger partial charge in [-0.2, -0.15) is 0 Å². The van der Waals surface area contributed by atoms with Crippen LogP contribution >= 0.6 is 0 Å². The highest BCUT2D eigenvalue weighted by Crippen LogP contribution is 2.41. The van der Waals surface area contributed by atoms with E-state index < -0.39 is 10.0 Å². The molecule has 7 heteroatoms. The first-order valence-corrected chi connectivity index (χ1v) is 10.3. The molecule has 0 radical (unpaired) electrons. The number of carbonyl (C=O) groups excluding carboxylic acids is 1. The molecular weight excluding hydrogens is 364 g/mol. The highest BCUT2D eigenvalue weighted by Gasteiger charge is 2.33. The van der Waals surface area contributed by atoms with Crippen molar-refractivity contribution in [3.63, 3.8) is 0 Å². The number of aryl methyl sites for hydroxylation is 1.